The maximum Gasteiger partial charge on any atom is 0.0942 e. The Morgan fingerprint density at radius 3 is 2.60 bits per heavy atom. The van der Waals surface area contributed by atoms with Crippen LogP contribution in [0, 0.1) is 17.3 Å². The van der Waals surface area contributed by atoms with Gasteiger partial charge in [0.1, 0.15) is 0 Å². The molecule has 4 N–H and O–H groups in total. The van der Waals surface area contributed by atoms with E-state index in [4.69, 9.17) is 11.5 Å². The molecule has 0 saturated carbocycles. The summed E-state index contributed by atoms with van der Waals surface area (Å²) in [6, 6.07) is 8.35. The van der Waals surface area contributed by atoms with Gasteiger partial charge < -0.3 is 11.5 Å². The molecule has 0 amide bonds. The van der Waals surface area contributed by atoms with E-state index in [0.29, 0.717) is 5.92 Å². The Bertz CT molecular complexity index is 597. The van der Waals surface area contributed by atoms with Crippen LogP contribution in [0.2, 0.25) is 0 Å². The van der Waals surface area contributed by atoms with Crippen molar-refractivity contribution in [2.24, 2.45) is 28.7 Å². The second kappa shape index (κ2) is 4.31. The summed E-state index contributed by atoms with van der Waals surface area (Å²) in [7, 11) is 0. The van der Waals surface area contributed by atoms with Gasteiger partial charge in [0.05, 0.1) is 5.66 Å². The van der Waals surface area contributed by atoms with Crippen LogP contribution in [0.25, 0.3) is 0 Å². The summed E-state index contributed by atoms with van der Waals surface area (Å²) in [5.41, 5.74) is 16.2. The van der Waals surface area contributed by atoms with Crippen molar-refractivity contribution in [3.05, 3.63) is 59.2 Å². The molecule has 2 aliphatic rings. The van der Waals surface area contributed by atoms with Crippen LogP contribution in [0.15, 0.2) is 48.1 Å². The zero-order valence-corrected chi connectivity index (χ0v) is 12.6. The van der Waals surface area contributed by atoms with Gasteiger partial charge >= 0.3 is 0 Å². The Morgan fingerprint density at radius 2 is 1.90 bits per heavy atom. The number of hydrogen-bond acceptors (Lipinski definition) is 2. The van der Waals surface area contributed by atoms with E-state index in [2.05, 4.69) is 57.2 Å². The highest BCUT2D eigenvalue weighted by atomic mass is 15.0. The second-order valence-corrected chi connectivity index (χ2v) is 6.70. The summed E-state index contributed by atoms with van der Waals surface area (Å²) >= 11 is 0. The van der Waals surface area contributed by atoms with Gasteiger partial charge in [-0.1, -0.05) is 61.9 Å². The van der Waals surface area contributed by atoms with Crippen LogP contribution in [0.3, 0.4) is 0 Å². The lowest BCUT2D eigenvalue weighted by Gasteiger charge is -2.46. The van der Waals surface area contributed by atoms with Crippen molar-refractivity contribution in [1.82, 2.24) is 0 Å². The van der Waals surface area contributed by atoms with Crippen molar-refractivity contribution < 1.29 is 0 Å². The molecular weight excluding hydrogens is 244 g/mol. The molecule has 2 heteroatoms. The zero-order valence-electron chi connectivity index (χ0n) is 12.6. The van der Waals surface area contributed by atoms with Gasteiger partial charge in [-0.05, 0) is 35.8 Å². The molecule has 0 bridgehead atoms. The molecule has 1 aromatic carbocycles. The molecule has 0 heterocycles. The number of benzene rings is 1. The van der Waals surface area contributed by atoms with E-state index in [0.717, 1.165) is 12.0 Å². The summed E-state index contributed by atoms with van der Waals surface area (Å²) in [4.78, 5) is 0. The first kappa shape index (κ1) is 13.6. The van der Waals surface area contributed by atoms with Crippen LogP contribution in [-0.2, 0) is 12.1 Å². The molecule has 3 rings (SSSR count). The molecule has 20 heavy (non-hydrogen) atoms. The Hall–Kier alpha value is -1.38. The topological polar surface area (TPSA) is 52.0 Å². The molecule has 106 valence electrons. The maximum atomic E-state index is 6.58. The molecule has 0 radical (unpaired) electrons. The number of hydrogen-bond donors (Lipinski definition) is 2. The summed E-state index contributed by atoms with van der Waals surface area (Å²) in [6.07, 6.45) is 7.62. The van der Waals surface area contributed by atoms with E-state index in [-0.39, 0.29) is 11.3 Å². The predicted molar refractivity (Wildman–Crippen MR) is 83.9 cm³/mol. The average Bonchev–Trinajstić information content (AvgIpc) is 2.69. The van der Waals surface area contributed by atoms with Crippen LogP contribution in [-0.4, -0.2) is 0 Å². The van der Waals surface area contributed by atoms with Gasteiger partial charge in [-0.25, -0.2) is 0 Å². The highest BCUT2D eigenvalue weighted by molar-refractivity contribution is 5.41. The van der Waals surface area contributed by atoms with Gasteiger partial charge in [0, 0.05) is 5.92 Å². The lowest BCUT2D eigenvalue weighted by Crippen LogP contribution is -2.56. The van der Waals surface area contributed by atoms with Crippen molar-refractivity contribution >= 4 is 0 Å². The molecule has 0 fully saturated rings. The largest absolute Gasteiger partial charge is 0.309 e. The fourth-order valence-electron chi connectivity index (χ4n) is 4.04. The predicted octanol–water partition coefficient (Wildman–Crippen LogP) is 3.09. The van der Waals surface area contributed by atoms with E-state index >= 15 is 0 Å². The van der Waals surface area contributed by atoms with Crippen molar-refractivity contribution in [2.75, 3.05) is 0 Å². The standard InChI is InChI=1S/C18H24N2/c1-12-7-6-10-17(3,13(12)2)16-11-14-8-4-5-9-15(14)18(16,19)20/h4-10,13,16H,11,19-20H2,1-3H3. The maximum absolute atomic E-state index is 6.58. The normalized spacial score (nSPS) is 34.8. The van der Waals surface area contributed by atoms with Gasteiger partial charge in [0.2, 0.25) is 0 Å². The number of fused-ring (bicyclic) bond motifs is 1. The first-order valence-electron chi connectivity index (χ1n) is 7.39. The Morgan fingerprint density at radius 1 is 1.20 bits per heavy atom. The fourth-order valence-corrected chi connectivity index (χ4v) is 4.04. The van der Waals surface area contributed by atoms with Crippen molar-refractivity contribution in [3.63, 3.8) is 0 Å². The lowest BCUT2D eigenvalue weighted by atomic mass is 9.61. The van der Waals surface area contributed by atoms with Crippen molar-refractivity contribution in [2.45, 2.75) is 32.9 Å². The molecule has 3 atom stereocenters. The molecule has 2 aliphatic carbocycles. The molecule has 0 aromatic heterocycles. The molecule has 0 saturated heterocycles. The number of rotatable bonds is 1. The molecular formula is C18H24N2. The van der Waals surface area contributed by atoms with E-state index < -0.39 is 5.66 Å². The van der Waals surface area contributed by atoms with Crippen LogP contribution in [0.5, 0.6) is 0 Å². The van der Waals surface area contributed by atoms with E-state index in [1.54, 1.807) is 0 Å². The number of allylic oxidation sites excluding steroid dienone is 4. The van der Waals surface area contributed by atoms with Crippen LogP contribution >= 0.6 is 0 Å². The SMILES string of the molecule is CC1=CC=CC(C)(C2Cc3ccccc3C2(N)N)C1C. The molecule has 0 aliphatic heterocycles. The van der Waals surface area contributed by atoms with Gasteiger partial charge in [-0.2, -0.15) is 0 Å². The quantitative estimate of drug-likeness (QED) is 0.769. The first-order chi connectivity index (χ1) is 9.37. The van der Waals surface area contributed by atoms with Crippen LogP contribution < -0.4 is 11.5 Å². The zero-order chi connectivity index (χ0) is 14.5. The highest BCUT2D eigenvalue weighted by Crippen LogP contribution is 2.52. The minimum atomic E-state index is -0.748. The smallest absolute Gasteiger partial charge is 0.0942 e. The summed E-state index contributed by atoms with van der Waals surface area (Å²) in [5, 5.41) is 0. The Labute approximate surface area is 121 Å². The van der Waals surface area contributed by atoms with Crippen LogP contribution in [0.4, 0.5) is 0 Å². The second-order valence-electron chi connectivity index (χ2n) is 6.70. The number of nitrogens with two attached hydrogens (primary N) is 2. The minimum absolute atomic E-state index is 0.00134. The third kappa shape index (κ3) is 1.72. The van der Waals surface area contributed by atoms with Gasteiger partial charge in [0.15, 0.2) is 0 Å². The molecule has 3 unspecified atom stereocenters. The Kier molecular flexibility index (Phi) is 2.93. The molecule has 0 spiro atoms. The highest BCUT2D eigenvalue weighted by Gasteiger charge is 2.51. The third-order valence-corrected chi connectivity index (χ3v) is 5.67. The monoisotopic (exact) mass is 268 g/mol. The summed E-state index contributed by atoms with van der Waals surface area (Å²) < 4.78 is 0. The van der Waals surface area contributed by atoms with Gasteiger partial charge in [-0.15, -0.1) is 0 Å². The van der Waals surface area contributed by atoms with Crippen molar-refractivity contribution in [3.8, 4) is 0 Å². The van der Waals surface area contributed by atoms with E-state index in [1.165, 1.54) is 11.1 Å². The van der Waals surface area contributed by atoms with E-state index in [9.17, 15) is 0 Å². The summed E-state index contributed by atoms with van der Waals surface area (Å²) in [6.45, 7) is 6.79. The lowest BCUT2D eigenvalue weighted by molar-refractivity contribution is 0.114. The average molecular weight is 268 g/mol. The Balaban J connectivity index is 2.05. The van der Waals surface area contributed by atoms with Gasteiger partial charge in [0.25, 0.3) is 0 Å². The van der Waals surface area contributed by atoms with Crippen molar-refractivity contribution in [1.29, 1.82) is 0 Å². The fraction of sp³-hybridized carbons (Fsp3) is 0.444. The molecule has 2 nitrogen and oxygen atoms in total. The first-order valence-corrected chi connectivity index (χ1v) is 7.39. The minimum Gasteiger partial charge on any atom is -0.309 e. The van der Waals surface area contributed by atoms with E-state index in [1.807, 2.05) is 6.07 Å². The van der Waals surface area contributed by atoms with Crippen LogP contribution in [0.1, 0.15) is 31.9 Å². The summed E-state index contributed by atoms with van der Waals surface area (Å²) in [5.74, 6) is 0.681. The third-order valence-electron chi connectivity index (χ3n) is 5.67. The van der Waals surface area contributed by atoms with Gasteiger partial charge in [-0.3, -0.25) is 0 Å². The molecule has 1 aromatic rings.